The Balaban J connectivity index is 1.69. The van der Waals surface area contributed by atoms with Crippen LogP contribution in [0.4, 0.5) is 0 Å². The van der Waals surface area contributed by atoms with Crippen molar-refractivity contribution in [2.75, 3.05) is 24.7 Å². The molecule has 1 amide bonds. The van der Waals surface area contributed by atoms with Gasteiger partial charge in [0.2, 0.25) is 5.91 Å². The second kappa shape index (κ2) is 8.32. The van der Waals surface area contributed by atoms with Crippen molar-refractivity contribution >= 4 is 17.7 Å². The molecule has 0 radical (unpaired) electrons. The summed E-state index contributed by atoms with van der Waals surface area (Å²) >= 11 is 1.69. The van der Waals surface area contributed by atoms with Crippen molar-refractivity contribution in [3.63, 3.8) is 0 Å². The van der Waals surface area contributed by atoms with Gasteiger partial charge in [-0.05, 0) is 37.0 Å². The minimum Gasteiger partial charge on any atom is -0.394 e. The van der Waals surface area contributed by atoms with E-state index in [1.165, 1.54) is 5.56 Å². The number of hydrogen-bond donors (Lipinski definition) is 1. The third-order valence-corrected chi connectivity index (χ3v) is 4.71. The molecule has 1 aromatic rings. The number of hydrogen-bond acceptors (Lipinski definition) is 3. The molecule has 1 aromatic carbocycles. The highest BCUT2D eigenvalue weighted by Crippen LogP contribution is 2.18. The molecule has 2 rings (SSSR count). The number of thioether (sulfide) groups is 1. The molecule has 0 aliphatic carbocycles. The normalized spacial score (nSPS) is 19.1. The van der Waals surface area contributed by atoms with E-state index in [0.29, 0.717) is 5.75 Å². The van der Waals surface area contributed by atoms with E-state index in [9.17, 15) is 9.90 Å². The molecule has 0 saturated carbocycles. The average molecular weight is 293 g/mol. The molecule has 0 aromatic heterocycles. The van der Waals surface area contributed by atoms with E-state index in [2.05, 4.69) is 12.1 Å². The lowest BCUT2D eigenvalue weighted by atomic mass is 10.0. The van der Waals surface area contributed by atoms with Crippen LogP contribution >= 0.6 is 11.8 Å². The number of benzene rings is 1. The minimum absolute atomic E-state index is 0.0472. The van der Waals surface area contributed by atoms with Gasteiger partial charge < -0.3 is 10.0 Å². The van der Waals surface area contributed by atoms with Gasteiger partial charge in [0.15, 0.2) is 0 Å². The van der Waals surface area contributed by atoms with Crippen LogP contribution in [0.5, 0.6) is 0 Å². The number of amides is 1. The number of nitrogens with zero attached hydrogens (tertiary/aromatic N) is 1. The number of carbonyl (C=O) groups excluding carboxylic acids is 1. The van der Waals surface area contributed by atoms with Crippen LogP contribution in [0.3, 0.4) is 0 Å². The van der Waals surface area contributed by atoms with E-state index in [-0.39, 0.29) is 18.6 Å². The van der Waals surface area contributed by atoms with Gasteiger partial charge in [-0.3, -0.25) is 4.79 Å². The molecule has 1 aliphatic heterocycles. The molecule has 1 heterocycles. The highest BCUT2D eigenvalue weighted by Gasteiger charge is 2.25. The summed E-state index contributed by atoms with van der Waals surface area (Å²) < 4.78 is 0. The van der Waals surface area contributed by atoms with Gasteiger partial charge in [0, 0.05) is 6.54 Å². The van der Waals surface area contributed by atoms with Crippen molar-refractivity contribution in [2.45, 2.75) is 31.7 Å². The largest absolute Gasteiger partial charge is 0.394 e. The number of aryl methyl sites for hydroxylation is 1. The Morgan fingerprint density at radius 2 is 2.10 bits per heavy atom. The van der Waals surface area contributed by atoms with E-state index in [1.54, 1.807) is 11.8 Å². The van der Waals surface area contributed by atoms with Crippen molar-refractivity contribution in [2.24, 2.45) is 0 Å². The van der Waals surface area contributed by atoms with Gasteiger partial charge in [0.25, 0.3) is 0 Å². The van der Waals surface area contributed by atoms with Crippen molar-refractivity contribution in [3.8, 4) is 0 Å². The summed E-state index contributed by atoms with van der Waals surface area (Å²) in [5, 5.41) is 9.33. The van der Waals surface area contributed by atoms with E-state index >= 15 is 0 Å². The molecule has 1 saturated heterocycles. The van der Waals surface area contributed by atoms with Crippen LogP contribution in [0.2, 0.25) is 0 Å². The van der Waals surface area contributed by atoms with Crippen molar-refractivity contribution in [3.05, 3.63) is 35.9 Å². The monoisotopic (exact) mass is 293 g/mol. The molecule has 110 valence electrons. The number of likely N-dealkylation sites (tertiary alicyclic amines) is 1. The van der Waals surface area contributed by atoms with E-state index in [1.807, 2.05) is 23.1 Å². The maximum atomic E-state index is 12.2. The number of aliphatic hydroxyl groups is 1. The highest BCUT2D eigenvalue weighted by atomic mass is 32.2. The highest BCUT2D eigenvalue weighted by molar-refractivity contribution is 7.99. The number of piperidine rings is 1. The van der Waals surface area contributed by atoms with Crippen molar-refractivity contribution in [1.82, 2.24) is 4.90 Å². The lowest BCUT2D eigenvalue weighted by Crippen LogP contribution is -2.46. The van der Waals surface area contributed by atoms with E-state index in [4.69, 9.17) is 0 Å². The van der Waals surface area contributed by atoms with Gasteiger partial charge in [-0.25, -0.2) is 0 Å². The summed E-state index contributed by atoms with van der Waals surface area (Å²) in [5.74, 6) is 1.68. The fraction of sp³-hybridized carbons (Fsp3) is 0.562. The first kappa shape index (κ1) is 15.4. The maximum absolute atomic E-state index is 12.2. The van der Waals surface area contributed by atoms with Crippen LogP contribution < -0.4 is 0 Å². The predicted octanol–water partition coefficient (Wildman–Crippen LogP) is 2.34. The molecular weight excluding hydrogens is 270 g/mol. The molecule has 0 bridgehead atoms. The Labute approximate surface area is 125 Å². The van der Waals surface area contributed by atoms with Gasteiger partial charge in [-0.1, -0.05) is 30.3 Å². The summed E-state index contributed by atoms with van der Waals surface area (Å²) in [6.07, 6.45) is 4.13. The van der Waals surface area contributed by atoms with Gasteiger partial charge in [0.05, 0.1) is 18.4 Å². The predicted molar refractivity (Wildman–Crippen MR) is 83.9 cm³/mol. The summed E-state index contributed by atoms with van der Waals surface area (Å²) in [7, 11) is 0. The zero-order valence-corrected chi connectivity index (χ0v) is 12.6. The average Bonchev–Trinajstić information content (AvgIpc) is 2.52. The van der Waals surface area contributed by atoms with Crippen LogP contribution in [-0.2, 0) is 11.2 Å². The summed E-state index contributed by atoms with van der Waals surface area (Å²) in [6.45, 7) is 0.906. The zero-order chi connectivity index (χ0) is 14.2. The molecule has 1 aliphatic rings. The fourth-order valence-electron chi connectivity index (χ4n) is 2.60. The first-order valence-electron chi connectivity index (χ1n) is 7.33. The summed E-state index contributed by atoms with van der Waals surface area (Å²) in [4.78, 5) is 14.0. The second-order valence-corrected chi connectivity index (χ2v) is 6.31. The molecular formula is C16H23NO2S. The third-order valence-electron chi connectivity index (χ3n) is 3.76. The van der Waals surface area contributed by atoms with Gasteiger partial charge in [-0.15, -0.1) is 0 Å². The Kier molecular flexibility index (Phi) is 6.40. The standard InChI is InChI=1S/C16H23NO2S/c18-12-15-8-4-5-10-17(15)16(19)13-20-11-9-14-6-2-1-3-7-14/h1-3,6-7,15,18H,4-5,8-13H2. The Morgan fingerprint density at radius 3 is 2.85 bits per heavy atom. The van der Waals surface area contributed by atoms with Gasteiger partial charge >= 0.3 is 0 Å². The van der Waals surface area contributed by atoms with E-state index in [0.717, 1.165) is 38.0 Å². The quantitative estimate of drug-likeness (QED) is 0.818. The molecule has 3 nitrogen and oxygen atoms in total. The lowest BCUT2D eigenvalue weighted by Gasteiger charge is -2.34. The van der Waals surface area contributed by atoms with Crippen molar-refractivity contribution < 1.29 is 9.90 Å². The topological polar surface area (TPSA) is 40.5 Å². The van der Waals surface area contributed by atoms with E-state index < -0.39 is 0 Å². The lowest BCUT2D eigenvalue weighted by molar-refractivity contribution is -0.132. The summed E-state index contributed by atoms with van der Waals surface area (Å²) in [5.41, 5.74) is 1.32. The Morgan fingerprint density at radius 1 is 1.30 bits per heavy atom. The first-order valence-corrected chi connectivity index (χ1v) is 8.48. The van der Waals surface area contributed by atoms with Crippen molar-refractivity contribution in [1.29, 1.82) is 0 Å². The van der Waals surface area contributed by atoms with Gasteiger partial charge in [-0.2, -0.15) is 11.8 Å². The number of aliphatic hydroxyl groups excluding tert-OH is 1. The molecule has 20 heavy (non-hydrogen) atoms. The Hall–Kier alpha value is -1.00. The van der Waals surface area contributed by atoms with Crippen LogP contribution in [0.1, 0.15) is 24.8 Å². The van der Waals surface area contributed by atoms with Crippen LogP contribution in [0.25, 0.3) is 0 Å². The third kappa shape index (κ3) is 4.53. The molecule has 1 N–H and O–H groups in total. The second-order valence-electron chi connectivity index (χ2n) is 5.21. The molecule has 1 unspecified atom stereocenters. The zero-order valence-electron chi connectivity index (χ0n) is 11.8. The molecule has 1 fully saturated rings. The molecule has 4 heteroatoms. The number of carbonyl (C=O) groups is 1. The minimum atomic E-state index is 0.0472. The maximum Gasteiger partial charge on any atom is 0.232 e. The van der Waals surface area contributed by atoms with Crippen LogP contribution in [0.15, 0.2) is 30.3 Å². The molecule has 1 atom stereocenters. The van der Waals surface area contributed by atoms with Crippen LogP contribution in [-0.4, -0.2) is 46.6 Å². The summed E-state index contributed by atoms with van der Waals surface area (Å²) in [6, 6.07) is 10.4. The van der Waals surface area contributed by atoms with Crippen LogP contribution in [0, 0.1) is 0 Å². The Bertz CT molecular complexity index is 410. The smallest absolute Gasteiger partial charge is 0.232 e. The SMILES string of the molecule is O=C(CSCCc1ccccc1)N1CCCCC1CO. The number of rotatable bonds is 6. The first-order chi connectivity index (χ1) is 9.81. The molecule has 0 spiro atoms. The van der Waals surface area contributed by atoms with Gasteiger partial charge in [0.1, 0.15) is 0 Å². The fourth-order valence-corrected chi connectivity index (χ4v) is 3.46.